The first kappa shape index (κ1) is 42.1. The number of amides is 1. The van der Waals surface area contributed by atoms with E-state index in [-0.39, 0.29) is 5.02 Å². The van der Waals surface area contributed by atoms with Crippen molar-refractivity contribution in [1.82, 2.24) is 4.90 Å². The van der Waals surface area contributed by atoms with Gasteiger partial charge in [0.2, 0.25) is 6.23 Å². The van der Waals surface area contributed by atoms with Crippen LogP contribution in [0.5, 0.6) is 0 Å². The number of carboxylic acids is 1. The topological polar surface area (TPSA) is 188 Å². The van der Waals surface area contributed by atoms with Crippen LogP contribution in [0.25, 0.3) is 0 Å². The van der Waals surface area contributed by atoms with Gasteiger partial charge >= 0.3 is 30.2 Å². The van der Waals surface area contributed by atoms with E-state index in [4.69, 9.17) is 40.1 Å². The zero-order chi connectivity index (χ0) is 41.2. The minimum absolute atomic E-state index is 0.221. The number of esters is 2. The van der Waals surface area contributed by atoms with Crippen molar-refractivity contribution in [3.8, 4) is 0 Å². The molecule has 2 aliphatic carbocycles. The Hall–Kier alpha value is -4.08. The number of carboxylic acid groups (broad SMARTS) is 1. The largest absolute Gasteiger partial charge is 0.509 e. The Morgan fingerprint density at radius 1 is 1.02 bits per heavy atom. The average molecular weight is 793 g/mol. The summed E-state index contributed by atoms with van der Waals surface area (Å²) in [4.78, 5) is 74.8. The van der Waals surface area contributed by atoms with Crippen molar-refractivity contribution < 1.29 is 62.7 Å². The number of fused-ring (bicyclic) bond motifs is 4. The Balaban J connectivity index is 1.66. The van der Waals surface area contributed by atoms with Crippen LogP contribution in [0.1, 0.15) is 94.1 Å². The molecular weight excluding hydrogens is 740 g/mol. The summed E-state index contributed by atoms with van der Waals surface area (Å²) < 4.78 is 29.5. The summed E-state index contributed by atoms with van der Waals surface area (Å²) in [6, 6.07) is 3.25. The maximum atomic E-state index is 14.9. The standard InChI is InChI=1S/C39H53ClN2O13/c1-19-17-25-23(21(3)31(44)45)16-15-20(2)39(25,49)30(29(19)50-22(4)43)51-32(46)27-18-38(54-35(48)53-37(8,9)10)24-13-12-14-26(40)28(24)41(11)55-33(38)42(27)34(47)52-36(5,6)7/h12-14,17,20-21,23,25,27,29-30,33,49H,15-16,18H2,1-11H3,(H,44,45)/t20-,21-,23+,25?,27+,29-,30-,33-,38-,39+/m1/s1. The molecule has 15 nitrogen and oxygen atoms in total. The number of hydroxylamine groups is 1. The number of para-hydroxylation sites is 1. The summed E-state index contributed by atoms with van der Waals surface area (Å²) in [6.07, 6.45) is -4.36. The normalized spacial score (nSPS) is 32.2. The molecule has 2 heterocycles. The molecule has 1 aromatic carbocycles. The Morgan fingerprint density at radius 2 is 1.65 bits per heavy atom. The molecule has 2 N–H and O–H groups in total. The summed E-state index contributed by atoms with van der Waals surface area (Å²) >= 11 is 6.66. The number of ether oxygens (including phenoxy) is 5. The SMILES string of the molecule is CC(=O)O[C@@H]1C(C)=CC2[C@H]([C@@H](C)C(=O)O)CC[C@@H](C)[C@@]2(O)[C@@H]1OC(=O)[C@@H]1C[C@@]2(OC(=O)OC(C)(C)C)c3cccc(Cl)c3N(C)O[C@H]2N1C(=O)OC(C)(C)C. The van der Waals surface area contributed by atoms with Crippen LogP contribution in [0.4, 0.5) is 15.3 Å². The second-order valence-electron chi connectivity index (χ2n) is 17.1. The predicted octanol–water partition coefficient (Wildman–Crippen LogP) is 6.12. The van der Waals surface area contributed by atoms with Gasteiger partial charge in [-0.1, -0.05) is 43.7 Å². The van der Waals surface area contributed by atoms with Crippen molar-refractivity contribution in [3.63, 3.8) is 0 Å². The third-order valence-electron chi connectivity index (χ3n) is 10.9. The number of hydrogen-bond acceptors (Lipinski definition) is 13. The number of aliphatic hydroxyl groups is 1. The van der Waals surface area contributed by atoms with E-state index in [2.05, 4.69) is 0 Å². The first-order valence-corrected chi connectivity index (χ1v) is 18.8. The van der Waals surface area contributed by atoms with Gasteiger partial charge in [0.05, 0.1) is 16.6 Å². The lowest BCUT2D eigenvalue weighted by Crippen LogP contribution is -2.66. The summed E-state index contributed by atoms with van der Waals surface area (Å²) in [5, 5.41) is 24.3. The van der Waals surface area contributed by atoms with Gasteiger partial charge in [-0.15, -0.1) is 0 Å². The van der Waals surface area contributed by atoms with E-state index in [0.29, 0.717) is 29.7 Å². The molecule has 1 unspecified atom stereocenters. The molecule has 0 radical (unpaired) electrons. The fourth-order valence-electron chi connectivity index (χ4n) is 8.48. The third-order valence-corrected chi connectivity index (χ3v) is 11.2. The molecule has 2 aliphatic heterocycles. The molecule has 0 spiro atoms. The van der Waals surface area contributed by atoms with Crippen molar-refractivity contribution in [2.45, 2.75) is 135 Å². The molecule has 55 heavy (non-hydrogen) atoms. The van der Waals surface area contributed by atoms with Gasteiger partial charge in [0, 0.05) is 31.9 Å². The van der Waals surface area contributed by atoms with E-state index in [1.165, 1.54) is 19.0 Å². The molecule has 1 amide bonds. The van der Waals surface area contributed by atoms with Crippen LogP contribution in [0.15, 0.2) is 29.8 Å². The molecule has 1 saturated heterocycles. The molecule has 10 atom stereocenters. The quantitative estimate of drug-likeness (QED) is 0.190. The molecule has 0 aromatic heterocycles. The first-order chi connectivity index (χ1) is 25.3. The number of nitrogens with zero attached hydrogens (tertiary/aromatic N) is 2. The Bertz CT molecular complexity index is 1750. The second-order valence-corrected chi connectivity index (χ2v) is 17.5. The summed E-state index contributed by atoms with van der Waals surface area (Å²) in [7, 11) is 1.54. The molecule has 1 saturated carbocycles. The lowest BCUT2D eigenvalue weighted by atomic mass is 9.55. The minimum Gasteiger partial charge on any atom is -0.481 e. The van der Waals surface area contributed by atoms with Crippen molar-refractivity contribution in [2.24, 2.45) is 23.7 Å². The van der Waals surface area contributed by atoms with Crippen LogP contribution in [0.2, 0.25) is 5.02 Å². The van der Waals surface area contributed by atoms with Crippen LogP contribution < -0.4 is 5.06 Å². The number of halogens is 1. The zero-order valence-corrected chi connectivity index (χ0v) is 34.0. The van der Waals surface area contributed by atoms with Crippen molar-refractivity contribution in [2.75, 3.05) is 12.1 Å². The van der Waals surface area contributed by atoms with Crippen LogP contribution in [0, 0.1) is 23.7 Å². The molecular formula is C39H53ClN2O13. The Morgan fingerprint density at radius 3 is 2.24 bits per heavy atom. The van der Waals surface area contributed by atoms with Gasteiger partial charge in [-0.05, 0) is 84.8 Å². The highest BCUT2D eigenvalue weighted by molar-refractivity contribution is 6.33. The smallest absolute Gasteiger partial charge is 0.481 e. The number of anilines is 1. The average Bonchev–Trinajstić information content (AvgIpc) is 3.37. The van der Waals surface area contributed by atoms with E-state index < -0.39 is 107 Å². The van der Waals surface area contributed by atoms with Crippen LogP contribution in [-0.2, 0) is 48.5 Å². The lowest BCUT2D eigenvalue weighted by Gasteiger charge is -2.55. The first-order valence-electron chi connectivity index (χ1n) is 18.5. The van der Waals surface area contributed by atoms with E-state index in [1.807, 2.05) is 0 Å². The molecule has 16 heteroatoms. The molecule has 304 valence electrons. The highest BCUT2D eigenvalue weighted by atomic mass is 35.5. The fraction of sp³-hybridized carbons (Fsp3) is 0.667. The highest BCUT2D eigenvalue weighted by Gasteiger charge is 2.67. The van der Waals surface area contributed by atoms with E-state index in [1.54, 1.807) is 86.6 Å². The van der Waals surface area contributed by atoms with Gasteiger partial charge in [0.1, 0.15) is 22.8 Å². The maximum Gasteiger partial charge on any atom is 0.509 e. The molecule has 5 rings (SSSR count). The summed E-state index contributed by atoms with van der Waals surface area (Å²) in [5.41, 5.74) is -4.85. The van der Waals surface area contributed by atoms with E-state index in [9.17, 15) is 34.2 Å². The van der Waals surface area contributed by atoms with Gasteiger partial charge < -0.3 is 33.9 Å². The number of hydrogen-bond donors (Lipinski definition) is 2. The van der Waals surface area contributed by atoms with Gasteiger partial charge in [-0.25, -0.2) is 19.2 Å². The minimum atomic E-state index is -1.92. The van der Waals surface area contributed by atoms with E-state index >= 15 is 0 Å². The Kier molecular flexibility index (Phi) is 11.3. The Labute approximate surface area is 326 Å². The van der Waals surface area contributed by atoms with Gasteiger partial charge in [0.25, 0.3) is 0 Å². The molecule has 4 aliphatic rings. The van der Waals surface area contributed by atoms with E-state index in [0.717, 1.165) is 4.90 Å². The third kappa shape index (κ3) is 7.84. The zero-order valence-electron chi connectivity index (χ0n) is 33.2. The monoisotopic (exact) mass is 792 g/mol. The number of carbonyl (C=O) groups is 5. The summed E-state index contributed by atoms with van der Waals surface area (Å²) in [5.74, 6) is -5.63. The molecule has 0 bridgehead atoms. The van der Waals surface area contributed by atoms with Gasteiger partial charge in [-0.3, -0.25) is 19.6 Å². The summed E-state index contributed by atoms with van der Waals surface area (Å²) in [6.45, 7) is 16.0. The maximum absolute atomic E-state index is 14.9. The van der Waals surface area contributed by atoms with Crippen molar-refractivity contribution in [3.05, 3.63) is 40.4 Å². The molecule has 2 fully saturated rings. The fourth-order valence-corrected chi connectivity index (χ4v) is 8.78. The van der Waals surface area contributed by atoms with Gasteiger partial charge in [0.15, 0.2) is 17.8 Å². The second kappa shape index (κ2) is 14.8. The number of aliphatic carboxylic acids is 1. The lowest BCUT2D eigenvalue weighted by molar-refractivity contribution is -0.227. The van der Waals surface area contributed by atoms with Crippen LogP contribution >= 0.6 is 11.6 Å². The van der Waals surface area contributed by atoms with Crippen molar-refractivity contribution >= 4 is 47.4 Å². The highest BCUT2D eigenvalue weighted by Crippen LogP contribution is 2.56. The number of rotatable bonds is 6. The van der Waals surface area contributed by atoms with Gasteiger partial charge in [-0.2, -0.15) is 0 Å². The molecule has 1 aromatic rings. The van der Waals surface area contributed by atoms with Crippen LogP contribution in [-0.4, -0.2) is 93.6 Å². The number of likely N-dealkylation sites (tertiary alicyclic amines) is 1. The van der Waals surface area contributed by atoms with Crippen molar-refractivity contribution in [1.29, 1.82) is 0 Å². The number of carbonyl (C=O) groups excluding carboxylic acids is 4. The van der Waals surface area contributed by atoms with Crippen LogP contribution in [0.3, 0.4) is 0 Å². The number of benzene rings is 1. The predicted molar refractivity (Wildman–Crippen MR) is 197 cm³/mol.